The number of thioether (sulfide) groups is 2. The molecule has 2 unspecified atom stereocenters. The molecule has 3 nitrogen and oxygen atoms in total. The van der Waals surface area contributed by atoms with E-state index in [1.807, 2.05) is 23.5 Å². The monoisotopic (exact) mass is 311 g/mol. The molecule has 20 heavy (non-hydrogen) atoms. The van der Waals surface area contributed by atoms with Crippen molar-refractivity contribution >= 4 is 23.5 Å². The Hall–Kier alpha value is -0.260. The van der Waals surface area contributed by atoms with E-state index in [1.165, 1.54) is 17.1 Å². The molecule has 2 heterocycles. The highest BCUT2D eigenvalue weighted by Gasteiger charge is 2.27. The number of aryl methyl sites for hydroxylation is 2. The van der Waals surface area contributed by atoms with Crippen LogP contribution in [-0.4, -0.2) is 33.3 Å². The highest BCUT2D eigenvalue weighted by molar-refractivity contribution is 8.06. The highest BCUT2D eigenvalue weighted by atomic mass is 32.2. The number of nitrogens with zero attached hydrogens (tertiary/aromatic N) is 2. The standard InChI is InChI=1S/C15H25N3S2/c1-5-6-16-9-13-10(2)17-15(18-11(13)3)14-12(4)19-7-8-20-14/h12,14,16H,5-9H2,1-4H3. The number of rotatable bonds is 5. The van der Waals surface area contributed by atoms with Gasteiger partial charge in [0.2, 0.25) is 0 Å². The van der Waals surface area contributed by atoms with Crippen molar-refractivity contribution in [2.45, 2.75) is 51.2 Å². The van der Waals surface area contributed by atoms with Crippen LogP contribution in [0.15, 0.2) is 0 Å². The summed E-state index contributed by atoms with van der Waals surface area (Å²) in [7, 11) is 0. The van der Waals surface area contributed by atoms with Crippen LogP contribution in [0, 0.1) is 13.8 Å². The lowest BCUT2D eigenvalue weighted by atomic mass is 10.1. The second-order valence-corrected chi connectivity index (χ2v) is 8.01. The first-order valence-corrected chi connectivity index (χ1v) is 9.51. The van der Waals surface area contributed by atoms with Gasteiger partial charge in [-0.3, -0.25) is 0 Å². The second-order valence-electron chi connectivity index (χ2n) is 5.28. The minimum absolute atomic E-state index is 0.448. The lowest BCUT2D eigenvalue weighted by Gasteiger charge is -2.27. The second kappa shape index (κ2) is 7.66. The maximum Gasteiger partial charge on any atom is 0.142 e. The molecule has 0 aliphatic carbocycles. The lowest BCUT2D eigenvalue weighted by Crippen LogP contribution is -2.21. The van der Waals surface area contributed by atoms with Gasteiger partial charge in [0.15, 0.2) is 0 Å². The highest BCUT2D eigenvalue weighted by Crippen LogP contribution is 2.41. The fourth-order valence-corrected chi connectivity index (χ4v) is 5.14. The third-order valence-electron chi connectivity index (χ3n) is 3.61. The largest absolute Gasteiger partial charge is 0.313 e. The molecule has 0 saturated carbocycles. The first-order valence-electron chi connectivity index (χ1n) is 7.41. The molecule has 5 heteroatoms. The number of nitrogens with one attached hydrogen (secondary N) is 1. The lowest BCUT2D eigenvalue weighted by molar-refractivity contribution is 0.660. The minimum atomic E-state index is 0.448. The Morgan fingerprint density at radius 2 is 1.80 bits per heavy atom. The van der Waals surface area contributed by atoms with Crippen LogP contribution in [0.2, 0.25) is 0 Å². The quantitative estimate of drug-likeness (QED) is 0.842. The molecule has 1 saturated heterocycles. The van der Waals surface area contributed by atoms with Crippen LogP contribution in [0.1, 0.15) is 48.3 Å². The third-order valence-corrected chi connectivity index (χ3v) is 6.70. The number of hydrogen-bond donors (Lipinski definition) is 1. The molecular weight excluding hydrogens is 286 g/mol. The average Bonchev–Trinajstić information content (AvgIpc) is 2.42. The molecule has 2 atom stereocenters. The van der Waals surface area contributed by atoms with E-state index < -0.39 is 0 Å². The van der Waals surface area contributed by atoms with E-state index in [2.05, 4.69) is 33.0 Å². The first-order chi connectivity index (χ1) is 9.63. The molecule has 1 aromatic heterocycles. The van der Waals surface area contributed by atoms with E-state index in [9.17, 15) is 0 Å². The Morgan fingerprint density at radius 3 is 2.40 bits per heavy atom. The third kappa shape index (κ3) is 3.89. The Morgan fingerprint density at radius 1 is 1.15 bits per heavy atom. The van der Waals surface area contributed by atoms with Gasteiger partial charge >= 0.3 is 0 Å². The SMILES string of the molecule is CCCNCc1c(C)nc(C2SCCSC2C)nc1C. The molecular formula is C15H25N3S2. The number of hydrogen-bond acceptors (Lipinski definition) is 5. The Labute approximate surface area is 131 Å². The topological polar surface area (TPSA) is 37.8 Å². The van der Waals surface area contributed by atoms with Crippen LogP contribution in [-0.2, 0) is 6.54 Å². The van der Waals surface area contributed by atoms with Gasteiger partial charge in [-0.15, -0.1) is 11.8 Å². The van der Waals surface area contributed by atoms with Gasteiger partial charge in [-0.25, -0.2) is 9.97 Å². The zero-order valence-corrected chi connectivity index (χ0v) is 14.5. The molecule has 1 aliphatic heterocycles. The minimum Gasteiger partial charge on any atom is -0.313 e. The smallest absolute Gasteiger partial charge is 0.142 e. The molecule has 112 valence electrons. The van der Waals surface area contributed by atoms with Crippen LogP contribution >= 0.6 is 23.5 Å². The van der Waals surface area contributed by atoms with Crippen molar-refractivity contribution in [3.8, 4) is 0 Å². The molecule has 1 N–H and O–H groups in total. The molecule has 1 aliphatic rings. The van der Waals surface area contributed by atoms with Crippen molar-refractivity contribution in [3.05, 3.63) is 22.8 Å². The predicted octanol–water partition coefficient (Wildman–Crippen LogP) is 3.50. The van der Waals surface area contributed by atoms with Gasteiger partial charge in [-0.1, -0.05) is 13.8 Å². The molecule has 0 bridgehead atoms. The van der Waals surface area contributed by atoms with E-state index in [0.29, 0.717) is 10.5 Å². The van der Waals surface area contributed by atoms with Crippen LogP contribution < -0.4 is 5.32 Å². The Bertz CT molecular complexity index is 428. The van der Waals surface area contributed by atoms with E-state index in [4.69, 9.17) is 9.97 Å². The summed E-state index contributed by atoms with van der Waals surface area (Å²) in [6.45, 7) is 10.7. The molecule has 0 amide bonds. The Kier molecular flexibility index (Phi) is 6.18. The van der Waals surface area contributed by atoms with Gasteiger partial charge in [0.25, 0.3) is 0 Å². The van der Waals surface area contributed by atoms with Gasteiger partial charge in [-0.05, 0) is 26.8 Å². The van der Waals surface area contributed by atoms with E-state index in [0.717, 1.165) is 36.7 Å². The molecule has 1 fully saturated rings. The van der Waals surface area contributed by atoms with Gasteiger partial charge in [0.05, 0.1) is 5.25 Å². The van der Waals surface area contributed by atoms with Crippen LogP contribution in [0.4, 0.5) is 0 Å². The van der Waals surface area contributed by atoms with E-state index in [-0.39, 0.29) is 0 Å². The summed E-state index contributed by atoms with van der Waals surface area (Å²) < 4.78 is 0. The molecule has 1 aromatic rings. The zero-order chi connectivity index (χ0) is 14.5. The van der Waals surface area contributed by atoms with Crippen molar-refractivity contribution in [1.29, 1.82) is 0 Å². The Balaban J connectivity index is 2.16. The van der Waals surface area contributed by atoms with Crippen molar-refractivity contribution in [2.75, 3.05) is 18.1 Å². The summed E-state index contributed by atoms with van der Waals surface area (Å²) in [4.78, 5) is 9.60. The summed E-state index contributed by atoms with van der Waals surface area (Å²) in [5.74, 6) is 3.49. The first kappa shape index (κ1) is 16.1. The summed E-state index contributed by atoms with van der Waals surface area (Å²) in [6.07, 6.45) is 1.16. The maximum absolute atomic E-state index is 4.80. The van der Waals surface area contributed by atoms with Crippen molar-refractivity contribution in [1.82, 2.24) is 15.3 Å². The molecule has 0 aromatic carbocycles. The van der Waals surface area contributed by atoms with Crippen LogP contribution in [0.25, 0.3) is 0 Å². The molecule has 2 rings (SSSR count). The molecule has 0 radical (unpaired) electrons. The van der Waals surface area contributed by atoms with Crippen LogP contribution in [0.5, 0.6) is 0 Å². The average molecular weight is 312 g/mol. The van der Waals surface area contributed by atoms with Crippen molar-refractivity contribution < 1.29 is 0 Å². The summed E-state index contributed by atoms with van der Waals surface area (Å²) >= 11 is 4.05. The van der Waals surface area contributed by atoms with Gasteiger partial charge in [-0.2, -0.15) is 11.8 Å². The number of aromatic nitrogens is 2. The normalized spacial score (nSPS) is 23.0. The van der Waals surface area contributed by atoms with Crippen molar-refractivity contribution in [3.63, 3.8) is 0 Å². The zero-order valence-electron chi connectivity index (χ0n) is 12.9. The van der Waals surface area contributed by atoms with Crippen molar-refractivity contribution in [2.24, 2.45) is 0 Å². The summed E-state index contributed by atoms with van der Waals surface area (Å²) in [5, 5.41) is 4.51. The van der Waals surface area contributed by atoms with E-state index in [1.54, 1.807) is 0 Å². The fourth-order valence-electron chi connectivity index (χ4n) is 2.46. The predicted molar refractivity (Wildman–Crippen MR) is 90.6 cm³/mol. The van der Waals surface area contributed by atoms with E-state index >= 15 is 0 Å². The van der Waals surface area contributed by atoms with Gasteiger partial charge in [0.1, 0.15) is 5.82 Å². The van der Waals surface area contributed by atoms with Gasteiger partial charge in [0, 0.05) is 40.3 Å². The maximum atomic E-state index is 4.80. The fraction of sp³-hybridized carbons (Fsp3) is 0.733. The van der Waals surface area contributed by atoms with Gasteiger partial charge < -0.3 is 5.32 Å². The summed E-state index contributed by atoms with van der Waals surface area (Å²) in [5.41, 5.74) is 3.54. The molecule has 0 spiro atoms. The van der Waals surface area contributed by atoms with Crippen LogP contribution in [0.3, 0.4) is 0 Å². The summed E-state index contributed by atoms with van der Waals surface area (Å²) in [6, 6.07) is 0.